The van der Waals surface area contributed by atoms with E-state index in [9.17, 15) is 19.5 Å². The largest absolute Gasteiger partial charge is 0.480 e. The highest BCUT2D eigenvalue weighted by molar-refractivity contribution is 8.01. The van der Waals surface area contributed by atoms with Crippen LogP contribution in [-0.2, 0) is 14.4 Å². The molecule has 4 N–H and O–H groups in total. The predicted molar refractivity (Wildman–Crippen MR) is 89.0 cm³/mol. The standard InChI is InChI=1S/C16H19N3O4S/c1-16(2)11(15(22)23)19-13(21)10(14(19)24-16)18-12(20)9(17)8-6-4-3-5-7-8/h3-7,9-11,14H,17H2,1-2H3,(H,18,20)(H,22,23)/t9?,10-,11-,14-/m0/s1. The molecule has 128 valence electrons. The normalized spacial score (nSPS) is 28.7. The number of carbonyl (C=O) groups excluding carboxylic acids is 2. The van der Waals surface area contributed by atoms with Gasteiger partial charge in [-0.25, -0.2) is 4.79 Å². The van der Waals surface area contributed by atoms with Gasteiger partial charge >= 0.3 is 5.97 Å². The van der Waals surface area contributed by atoms with Crippen LogP contribution in [0, 0.1) is 0 Å². The zero-order chi connectivity index (χ0) is 17.6. The third kappa shape index (κ3) is 2.55. The number of aliphatic carboxylic acids is 1. The van der Waals surface area contributed by atoms with Gasteiger partial charge in [-0.3, -0.25) is 9.59 Å². The van der Waals surface area contributed by atoms with Gasteiger partial charge in [0.2, 0.25) is 11.8 Å². The summed E-state index contributed by atoms with van der Waals surface area (Å²) in [5.74, 6) is -1.86. The average Bonchev–Trinajstić information content (AvgIpc) is 2.80. The molecule has 3 rings (SSSR count). The van der Waals surface area contributed by atoms with Gasteiger partial charge in [0, 0.05) is 4.75 Å². The van der Waals surface area contributed by atoms with Crippen molar-refractivity contribution in [3.63, 3.8) is 0 Å². The van der Waals surface area contributed by atoms with Crippen molar-refractivity contribution < 1.29 is 19.5 Å². The molecule has 2 saturated heterocycles. The first-order chi connectivity index (χ1) is 11.2. The van der Waals surface area contributed by atoms with Crippen molar-refractivity contribution >= 4 is 29.5 Å². The van der Waals surface area contributed by atoms with Gasteiger partial charge in [0.25, 0.3) is 0 Å². The number of carboxylic acid groups (broad SMARTS) is 1. The number of amides is 2. The zero-order valence-electron chi connectivity index (χ0n) is 13.3. The van der Waals surface area contributed by atoms with Crippen LogP contribution in [0.4, 0.5) is 0 Å². The maximum atomic E-state index is 12.3. The van der Waals surface area contributed by atoms with Crippen molar-refractivity contribution in [1.82, 2.24) is 10.2 Å². The Balaban J connectivity index is 1.71. The molecule has 0 spiro atoms. The Morgan fingerprint density at radius 3 is 2.54 bits per heavy atom. The minimum Gasteiger partial charge on any atom is -0.480 e. The van der Waals surface area contributed by atoms with Gasteiger partial charge in [0.1, 0.15) is 23.5 Å². The molecule has 0 aromatic heterocycles. The van der Waals surface area contributed by atoms with E-state index in [1.54, 1.807) is 38.1 Å². The highest BCUT2D eigenvalue weighted by Crippen LogP contribution is 2.50. The fourth-order valence-corrected chi connectivity index (χ4v) is 4.83. The second-order valence-corrected chi connectivity index (χ2v) is 8.24. The molecule has 1 aromatic carbocycles. The second kappa shape index (κ2) is 5.78. The summed E-state index contributed by atoms with van der Waals surface area (Å²) in [6.45, 7) is 3.58. The Kier molecular flexibility index (Phi) is 4.05. The Morgan fingerprint density at radius 2 is 1.96 bits per heavy atom. The van der Waals surface area contributed by atoms with Gasteiger partial charge < -0.3 is 21.1 Å². The molecular formula is C16H19N3O4S. The zero-order valence-corrected chi connectivity index (χ0v) is 14.1. The SMILES string of the molecule is CC1(C)S[C@H]2[C@@H](NC(=O)C(N)c3ccccc3)C(=O)N2[C@H]1C(=O)O. The Bertz CT molecular complexity index is 694. The van der Waals surface area contributed by atoms with Crippen molar-refractivity contribution in [2.75, 3.05) is 0 Å². The van der Waals surface area contributed by atoms with Crippen molar-refractivity contribution in [3.05, 3.63) is 35.9 Å². The van der Waals surface area contributed by atoms with Gasteiger partial charge in [-0.05, 0) is 19.4 Å². The maximum absolute atomic E-state index is 12.3. The third-order valence-corrected chi connectivity index (χ3v) is 5.99. The van der Waals surface area contributed by atoms with Gasteiger partial charge in [0.05, 0.1) is 0 Å². The van der Waals surface area contributed by atoms with Gasteiger partial charge in [-0.1, -0.05) is 30.3 Å². The molecule has 2 fully saturated rings. The fraction of sp³-hybridized carbons (Fsp3) is 0.438. The number of nitrogens with zero attached hydrogens (tertiary/aromatic N) is 1. The summed E-state index contributed by atoms with van der Waals surface area (Å²) in [6.07, 6.45) is 0. The third-order valence-electron chi connectivity index (χ3n) is 4.41. The highest BCUT2D eigenvalue weighted by Gasteiger charge is 2.64. The average molecular weight is 349 g/mol. The molecular weight excluding hydrogens is 330 g/mol. The topological polar surface area (TPSA) is 113 Å². The first-order valence-electron chi connectivity index (χ1n) is 7.58. The summed E-state index contributed by atoms with van der Waals surface area (Å²) in [6, 6.07) is 6.38. The number of benzene rings is 1. The molecule has 2 amide bonds. The molecule has 0 radical (unpaired) electrons. The Hall–Kier alpha value is -2.06. The number of carboxylic acids is 1. The van der Waals surface area contributed by atoms with Crippen LogP contribution in [0.2, 0.25) is 0 Å². The van der Waals surface area contributed by atoms with Crippen molar-refractivity contribution in [2.24, 2.45) is 5.73 Å². The molecule has 2 heterocycles. The quantitative estimate of drug-likeness (QED) is 0.675. The van der Waals surface area contributed by atoms with E-state index in [1.807, 2.05) is 6.07 Å². The summed E-state index contributed by atoms with van der Waals surface area (Å²) in [5, 5.41) is 11.7. The van der Waals surface area contributed by atoms with E-state index in [4.69, 9.17) is 5.73 Å². The Labute approximate surface area is 143 Å². The molecule has 1 aromatic rings. The van der Waals surface area contributed by atoms with Crippen LogP contribution < -0.4 is 11.1 Å². The van der Waals surface area contributed by atoms with Crippen molar-refractivity contribution in [3.8, 4) is 0 Å². The van der Waals surface area contributed by atoms with Crippen LogP contribution >= 0.6 is 11.8 Å². The smallest absolute Gasteiger partial charge is 0.327 e. The summed E-state index contributed by atoms with van der Waals surface area (Å²) < 4.78 is -0.618. The number of nitrogens with two attached hydrogens (primary N) is 1. The minimum absolute atomic E-state index is 0.375. The predicted octanol–water partition coefficient (Wildman–Crippen LogP) is 0.318. The number of rotatable bonds is 4. The molecule has 0 bridgehead atoms. The number of nitrogens with one attached hydrogen (secondary N) is 1. The number of thioether (sulfide) groups is 1. The molecule has 2 aliphatic rings. The van der Waals surface area contributed by atoms with Gasteiger partial charge in [-0.15, -0.1) is 11.8 Å². The van der Waals surface area contributed by atoms with Crippen LogP contribution in [0.3, 0.4) is 0 Å². The lowest BCUT2D eigenvalue weighted by Crippen LogP contribution is -2.71. The van der Waals surface area contributed by atoms with E-state index >= 15 is 0 Å². The summed E-state index contributed by atoms with van der Waals surface area (Å²) in [5.41, 5.74) is 6.59. The van der Waals surface area contributed by atoms with Crippen LogP contribution in [-0.4, -0.2) is 50.0 Å². The van der Waals surface area contributed by atoms with Crippen LogP contribution in [0.25, 0.3) is 0 Å². The number of carbonyl (C=O) groups is 3. The molecule has 4 atom stereocenters. The van der Waals surface area contributed by atoms with Crippen molar-refractivity contribution in [1.29, 1.82) is 0 Å². The Morgan fingerprint density at radius 1 is 1.33 bits per heavy atom. The number of hydrogen-bond acceptors (Lipinski definition) is 5. The number of hydrogen-bond donors (Lipinski definition) is 3. The lowest BCUT2D eigenvalue weighted by atomic mass is 9.95. The van der Waals surface area contributed by atoms with Gasteiger partial charge in [0.15, 0.2) is 0 Å². The molecule has 1 unspecified atom stereocenters. The van der Waals surface area contributed by atoms with Crippen LogP contribution in [0.1, 0.15) is 25.5 Å². The first kappa shape index (κ1) is 16.8. The lowest BCUT2D eigenvalue weighted by Gasteiger charge is -2.43. The van der Waals surface area contributed by atoms with E-state index < -0.39 is 34.7 Å². The van der Waals surface area contributed by atoms with Crippen molar-refractivity contribution in [2.45, 2.75) is 42.1 Å². The molecule has 24 heavy (non-hydrogen) atoms. The van der Waals surface area contributed by atoms with E-state index in [2.05, 4.69) is 5.32 Å². The summed E-state index contributed by atoms with van der Waals surface area (Å²) >= 11 is 1.38. The minimum atomic E-state index is -1.03. The van der Waals surface area contributed by atoms with Gasteiger partial charge in [-0.2, -0.15) is 0 Å². The summed E-state index contributed by atoms with van der Waals surface area (Å²) in [4.78, 5) is 37.5. The van der Waals surface area contributed by atoms with E-state index in [0.29, 0.717) is 5.56 Å². The molecule has 7 nitrogen and oxygen atoms in total. The van der Waals surface area contributed by atoms with E-state index in [0.717, 1.165) is 0 Å². The first-order valence-corrected chi connectivity index (χ1v) is 8.45. The monoisotopic (exact) mass is 349 g/mol. The molecule has 8 heteroatoms. The highest BCUT2D eigenvalue weighted by atomic mass is 32.2. The molecule has 2 aliphatic heterocycles. The van der Waals surface area contributed by atoms with Crippen LogP contribution in [0.5, 0.6) is 0 Å². The molecule has 0 saturated carbocycles. The maximum Gasteiger partial charge on any atom is 0.327 e. The number of β-lactam (4-membered cyclic amide) rings is 1. The summed E-state index contributed by atoms with van der Waals surface area (Å²) in [7, 11) is 0. The fourth-order valence-electron chi connectivity index (χ4n) is 3.20. The number of fused-ring (bicyclic) bond motifs is 1. The lowest BCUT2D eigenvalue weighted by molar-refractivity contribution is -0.161. The van der Waals surface area contributed by atoms with E-state index in [1.165, 1.54) is 16.7 Å². The van der Waals surface area contributed by atoms with Crippen LogP contribution in [0.15, 0.2) is 30.3 Å². The second-order valence-electron chi connectivity index (χ2n) is 6.47. The molecule has 0 aliphatic carbocycles. The van der Waals surface area contributed by atoms with E-state index in [-0.39, 0.29) is 11.3 Å².